The van der Waals surface area contributed by atoms with Crippen molar-refractivity contribution >= 4 is 31.7 Å². The highest BCUT2D eigenvalue weighted by molar-refractivity contribution is 9.09. The molecule has 0 spiro atoms. The van der Waals surface area contributed by atoms with Gasteiger partial charge in [-0.1, -0.05) is 22.9 Å². The van der Waals surface area contributed by atoms with Crippen molar-refractivity contribution in [3.05, 3.63) is 0 Å². The van der Waals surface area contributed by atoms with Gasteiger partial charge in [-0.3, -0.25) is 4.79 Å². The van der Waals surface area contributed by atoms with Crippen molar-refractivity contribution in [2.45, 2.75) is 32.2 Å². The third kappa shape index (κ3) is 4.05. The maximum absolute atomic E-state index is 11.8. The summed E-state index contributed by atoms with van der Waals surface area (Å²) in [4.78, 5) is 11.8. The fraction of sp³-hybridized carbons (Fsp3) is 0.900. The zero-order chi connectivity index (χ0) is 12.2. The van der Waals surface area contributed by atoms with Crippen LogP contribution in [0.4, 0.5) is 0 Å². The Morgan fingerprint density at radius 3 is 2.69 bits per heavy atom. The first-order valence-corrected chi connectivity index (χ1v) is 8.49. The molecule has 1 heterocycles. The molecule has 0 aromatic carbocycles. The molecule has 1 aliphatic rings. The molecule has 0 radical (unpaired) electrons. The van der Waals surface area contributed by atoms with Gasteiger partial charge in [0, 0.05) is 11.4 Å². The van der Waals surface area contributed by atoms with Gasteiger partial charge < -0.3 is 5.32 Å². The van der Waals surface area contributed by atoms with Gasteiger partial charge in [0.2, 0.25) is 5.91 Å². The molecule has 1 aliphatic heterocycles. The zero-order valence-electron chi connectivity index (χ0n) is 9.41. The van der Waals surface area contributed by atoms with Gasteiger partial charge in [0.25, 0.3) is 0 Å². The zero-order valence-corrected chi connectivity index (χ0v) is 11.8. The van der Waals surface area contributed by atoms with E-state index in [9.17, 15) is 13.2 Å². The maximum Gasteiger partial charge on any atom is 0.224 e. The number of hydrogen-bond donors (Lipinski definition) is 1. The van der Waals surface area contributed by atoms with Crippen molar-refractivity contribution in [3.8, 4) is 0 Å². The SMILES string of the molecule is CCC(CCBr)NC(=O)C1CCS(=O)(=O)C1. The summed E-state index contributed by atoms with van der Waals surface area (Å²) >= 11 is 3.34. The average Bonchev–Trinajstić information content (AvgIpc) is 2.58. The van der Waals surface area contributed by atoms with E-state index in [1.54, 1.807) is 0 Å². The monoisotopic (exact) mass is 311 g/mol. The lowest BCUT2D eigenvalue weighted by Crippen LogP contribution is -2.39. The Bertz CT molecular complexity index is 342. The Kier molecular flexibility index (Phi) is 5.24. The van der Waals surface area contributed by atoms with Gasteiger partial charge in [-0.05, 0) is 19.3 Å². The molecule has 1 amide bonds. The molecule has 2 unspecified atom stereocenters. The molecule has 94 valence electrons. The molecular formula is C10H18BrNO3S. The van der Waals surface area contributed by atoms with E-state index in [1.165, 1.54) is 0 Å². The Labute approximate surface area is 105 Å². The van der Waals surface area contributed by atoms with Gasteiger partial charge >= 0.3 is 0 Å². The number of carbonyl (C=O) groups is 1. The van der Waals surface area contributed by atoms with E-state index in [0.717, 1.165) is 18.2 Å². The molecule has 1 fully saturated rings. The number of sulfone groups is 1. The predicted octanol–water partition coefficient (Wildman–Crippen LogP) is 1.10. The van der Waals surface area contributed by atoms with E-state index in [-0.39, 0.29) is 29.4 Å². The third-order valence-corrected chi connectivity index (χ3v) is 5.13. The van der Waals surface area contributed by atoms with E-state index >= 15 is 0 Å². The van der Waals surface area contributed by atoms with Gasteiger partial charge in [-0.25, -0.2) is 8.42 Å². The summed E-state index contributed by atoms with van der Waals surface area (Å²) in [5.74, 6) is -0.271. The lowest BCUT2D eigenvalue weighted by Gasteiger charge is -2.17. The number of carbonyl (C=O) groups excluding carboxylic acids is 1. The van der Waals surface area contributed by atoms with Crippen molar-refractivity contribution < 1.29 is 13.2 Å². The minimum Gasteiger partial charge on any atom is -0.353 e. The van der Waals surface area contributed by atoms with Crippen LogP contribution in [0.15, 0.2) is 0 Å². The first kappa shape index (κ1) is 14.0. The van der Waals surface area contributed by atoms with Crippen LogP contribution in [0.3, 0.4) is 0 Å². The number of hydrogen-bond acceptors (Lipinski definition) is 3. The highest BCUT2D eigenvalue weighted by Crippen LogP contribution is 2.18. The molecule has 0 saturated carbocycles. The minimum atomic E-state index is -2.97. The summed E-state index contributed by atoms with van der Waals surface area (Å²) in [5.41, 5.74) is 0. The van der Waals surface area contributed by atoms with Crippen molar-refractivity contribution in [2.75, 3.05) is 16.8 Å². The number of amides is 1. The van der Waals surface area contributed by atoms with Crippen LogP contribution in [0.5, 0.6) is 0 Å². The van der Waals surface area contributed by atoms with Gasteiger partial charge in [0.05, 0.1) is 17.4 Å². The lowest BCUT2D eigenvalue weighted by atomic mass is 10.1. The van der Waals surface area contributed by atoms with Crippen LogP contribution in [0, 0.1) is 5.92 Å². The van der Waals surface area contributed by atoms with E-state index in [0.29, 0.717) is 6.42 Å². The lowest BCUT2D eigenvalue weighted by molar-refractivity contribution is -0.125. The van der Waals surface area contributed by atoms with E-state index in [4.69, 9.17) is 0 Å². The Hall–Kier alpha value is -0.100. The van der Waals surface area contributed by atoms with Crippen LogP contribution in [-0.4, -0.2) is 37.2 Å². The quantitative estimate of drug-likeness (QED) is 0.773. The number of rotatable bonds is 5. The molecule has 1 rings (SSSR count). The Morgan fingerprint density at radius 1 is 1.56 bits per heavy atom. The second kappa shape index (κ2) is 6.00. The molecule has 16 heavy (non-hydrogen) atoms. The van der Waals surface area contributed by atoms with E-state index in [1.807, 2.05) is 6.92 Å². The first-order valence-electron chi connectivity index (χ1n) is 5.55. The van der Waals surface area contributed by atoms with Crippen molar-refractivity contribution in [2.24, 2.45) is 5.92 Å². The third-order valence-electron chi connectivity index (χ3n) is 2.90. The van der Waals surface area contributed by atoms with E-state index < -0.39 is 9.84 Å². The molecule has 0 bridgehead atoms. The standard InChI is InChI=1S/C10H18BrNO3S/c1-2-9(3-5-11)12-10(13)8-4-6-16(14,15)7-8/h8-9H,2-7H2,1H3,(H,12,13). The predicted molar refractivity (Wildman–Crippen MR) is 67.4 cm³/mol. The van der Waals surface area contributed by atoms with Gasteiger partial charge in [-0.15, -0.1) is 0 Å². The van der Waals surface area contributed by atoms with E-state index in [2.05, 4.69) is 21.2 Å². The number of nitrogens with one attached hydrogen (secondary N) is 1. The molecule has 4 nitrogen and oxygen atoms in total. The van der Waals surface area contributed by atoms with Crippen LogP contribution in [0.1, 0.15) is 26.2 Å². The van der Waals surface area contributed by atoms with Crippen LogP contribution in [-0.2, 0) is 14.6 Å². The fourth-order valence-corrected chi connectivity index (χ4v) is 4.12. The van der Waals surface area contributed by atoms with Crippen LogP contribution in [0.25, 0.3) is 0 Å². The minimum absolute atomic E-state index is 0.0174. The average molecular weight is 312 g/mol. The summed E-state index contributed by atoms with van der Waals surface area (Å²) in [6.07, 6.45) is 2.22. The summed E-state index contributed by atoms with van der Waals surface area (Å²) in [7, 11) is -2.97. The highest BCUT2D eigenvalue weighted by atomic mass is 79.9. The maximum atomic E-state index is 11.8. The molecule has 2 atom stereocenters. The topological polar surface area (TPSA) is 63.2 Å². The first-order chi connectivity index (χ1) is 7.48. The van der Waals surface area contributed by atoms with Crippen molar-refractivity contribution in [1.29, 1.82) is 0 Å². The molecule has 0 aromatic rings. The van der Waals surface area contributed by atoms with Gasteiger partial charge in [0.1, 0.15) is 0 Å². The summed E-state index contributed by atoms with van der Waals surface area (Å²) in [6, 6.07) is 0.148. The number of alkyl halides is 1. The van der Waals surface area contributed by atoms with Crippen LogP contribution in [0.2, 0.25) is 0 Å². The van der Waals surface area contributed by atoms with Crippen molar-refractivity contribution in [1.82, 2.24) is 5.32 Å². The molecule has 1 saturated heterocycles. The summed E-state index contributed by atoms with van der Waals surface area (Å²) in [6.45, 7) is 2.01. The smallest absolute Gasteiger partial charge is 0.224 e. The molecule has 1 N–H and O–H groups in total. The Balaban J connectivity index is 2.46. The molecule has 0 aliphatic carbocycles. The largest absolute Gasteiger partial charge is 0.353 e. The second-order valence-electron chi connectivity index (χ2n) is 4.19. The Morgan fingerprint density at radius 2 is 2.25 bits per heavy atom. The summed E-state index contributed by atoms with van der Waals surface area (Å²) < 4.78 is 22.5. The molecule has 0 aromatic heterocycles. The van der Waals surface area contributed by atoms with Crippen molar-refractivity contribution in [3.63, 3.8) is 0 Å². The van der Waals surface area contributed by atoms with Gasteiger partial charge in [-0.2, -0.15) is 0 Å². The fourth-order valence-electron chi connectivity index (χ4n) is 1.83. The molecular weight excluding hydrogens is 294 g/mol. The second-order valence-corrected chi connectivity index (χ2v) is 7.21. The summed E-state index contributed by atoms with van der Waals surface area (Å²) in [5, 5.41) is 3.76. The molecule has 6 heteroatoms. The van der Waals surface area contributed by atoms with Crippen LogP contribution >= 0.6 is 15.9 Å². The normalized spacial score (nSPS) is 25.2. The highest BCUT2D eigenvalue weighted by Gasteiger charge is 2.33. The van der Waals surface area contributed by atoms with Crippen LogP contribution < -0.4 is 5.32 Å². The number of halogens is 1. The van der Waals surface area contributed by atoms with Gasteiger partial charge in [0.15, 0.2) is 9.84 Å².